The molecule has 5 heteroatoms. The van der Waals surface area contributed by atoms with E-state index in [1.165, 1.54) is 0 Å². The minimum absolute atomic E-state index is 0.0755. The molecule has 0 aliphatic carbocycles. The Balaban J connectivity index is 2.49. The molecule has 1 aromatic rings. The molecule has 5 nitrogen and oxygen atoms in total. The van der Waals surface area contributed by atoms with E-state index in [1.54, 1.807) is 0 Å². The molecule has 0 saturated carbocycles. The van der Waals surface area contributed by atoms with Gasteiger partial charge >= 0.3 is 0 Å². The summed E-state index contributed by atoms with van der Waals surface area (Å²) in [5.41, 5.74) is 6.35. The largest absolute Gasteiger partial charge is 0.361 e. The van der Waals surface area contributed by atoms with E-state index in [2.05, 4.69) is 10.5 Å². The first kappa shape index (κ1) is 14.7. The van der Waals surface area contributed by atoms with E-state index >= 15 is 0 Å². The van der Waals surface area contributed by atoms with E-state index in [1.807, 2.05) is 33.8 Å². The number of nitrogens with zero attached hydrogens (tertiary/aromatic N) is 1. The van der Waals surface area contributed by atoms with Gasteiger partial charge in [-0.25, -0.2) is 0 Å². The Hall–Kier alpha value is -1.36. The average molecular weight is 253 g/mol. The highest BCUT2D eigenvalue weighted by Crippen LogP contribution is 2.22. The SMILES string of the molecule is CCC[C@H](N)C(=O)NCc1cc(C(C)(C)C)on1. The van der Waals surface area contributed by atoms with Crippen LogP contribution in [0.3, 0.4) is 0 Å². The van der Waals surface area contributed by atoms with Crippen LogP contribution in [0, 0.1) is 0 Å². The standard InChI is InChI=1S/C13H23N3O2/c1-5-6-10(14)12(17)15-8-9-7-11(18-16-9)13(2,3)4/h7,10H,5-6,8,14H2,1-4H3,(H,15,17)/t10-/m0/s1. The molecule has 0 aliphatic rings. The molecule has 1 atom stereocenters. The molecule has 0 unspecified atom stereocenters. The van der Waals surface area contributed by atoms with Gasteiger partial charge < -0.3 is 15.6 Å². The lowest BCUT2D eigenvalue weighted by atomic mass is 9.93. The molecule has 18 heavy (non-hydrogen) atoms. The monoisotopic (exact) mass is 253 g/mol. The lowest BCUT2D eigenvalue weighted by molar-refractivity contribution is -0.122. The molecule has 1 heterocycles. The van der Waals surface area contributed by atoms with Gasteiger partial charge in [0.2, 0.25) is 5.91 Å². The van der Waals surface area contributed by atoms with Crippen molar-refractivity contribution >= 4 is 5.91 Å². The maximum Gasteiger partial charge on any atom is 0.237 e. The number of carbonyl (C=O) groups excluding carboxylic acids is 1. The van der Waals surface area contributed by atoms with Crippen molar-refractivity contribution in [3.63, 3.8) is 0 Å². The highest BCUT2D eigenvalue weighted by atomic mass is 16.5. The van der Waals surface area contributed by atoms with Crippen LogP contribution >= 0.6 is 0 Å². The molecule has 1 amide bonds. The van der Waals surface area contributed by atoms with Crippen LogP contribution in [-0.4, -0.2) is 17.1 Å². The third-order valence-corrected chi connectivity index (χ3v) is 2.68. The van der Waals surface area contributed by atoms with Crippen molar-refractivity contribution in [1.82, 2.24) is 10.5 Å². The number of aromatic nitrogens is 1. The zero-order chi connectivity index (χ0) is 13.8. The second-order valence-electron chi connectivity index (χ2n) is 5.55. The number of nitrogens with one attached hydrogen (secondary N) is 1. The Labute approximate surface area is 108 Å². The summed E-state index contributed by atoms with van der Waals surface area (Å²) in [5, 5.41) is 6.69. The van der Waals surface area contributed by atoms with Crippen LogP contribution in [0.2, 0.25) is 0 Å². The van der Waals surface area contributed by atoms with Gasteiger partial charge in [-0.15, -0.1) is 0 Å². The van der Waals surface area contributed by atoms with Crippen molar-refractivity contribution in [3.05, 3.63) is 17.5 Å². The summed E-state index contributed by atoms with van der Waals surface area (Å²) in [7, 11) is 0. The maximum atomic E-state index is 11.6. The summed E-state index contributed by atoms with van der Waals surface area (Å²) >= 11 is 0. The first-order valence-corrected chi connectivity index (χ1v) is 6.34. The maximum absolute atomic E-state index is 11.6. The first-order valence-electron chi connectivity index (χ1n) is 6.34. The van der Waals surface area contributed by atoms with Gasteiger partial charge in [0.05, 0.1) is 12.6 Å². The molecular weight excluding hydrogens is 230 g/mol. The van der Waals surface area contributed by atoms with Crippen molar-refractivity contribution in [1.29, 1.82) is 0 Å². The highest BCUT2D eigenvalue weighted by molar-refractivity contribution is 5.81. The van der Waals surface area contributed by atoms with Crippen LogP contribution in [0.1, 0.15) is 52.0 Å². The summed E-state index contributed by atoms with van der Waals surface area (Å²) in [6.07, 6.45) is 1.59. The Bertz CT molecular complexity index is 393. The van der Waals surface area contributed by atoms with Crippen molar-refractivity contribution in [2.24, 2.45) is 5.73 Å². The van der Waals surface area contributed by atoms with Crippen LogP contribution in [0.5, 0.6) is 0 Å². The molecular formula is C13H23N3O2. The molecule has 0 bridgehead atoms. The highest BCUT2D eigenvalue weighted by Gasteiger charge is 2.20. The van der Waals surface area contributed by atoms with Crippen LogP contribution in [0.15, 0.2) is 10.6 Å². The predicted molar refractivity (Wildman–Crippen MR) is 69.9 cm³/mol. The van der Waals surface area contributed by atoms with Gasteiger partial charge in [-0.2, -0.15) is 0 Å². The van der Waals surface area contributed by atoms with E-state index < -0.39 is 6.04 Å². The molecule has 3 N–H and O–H groups in total. The Morgan fingerprint density at radius 1 is 1.56 bits per heavy atom. The zero-order valence-corrected chi connectivity index (χ0v) is 11.6. The van der Waals surface area contributed by atoms with Gasteiger partial charge in [0.25, 0.3) is 0 Å². The van der Waals surface area contributed by atoms with Gasteiger partial charge in [0.15, 0.2) is 0 Å². The fourth-order valence-electron chi connectivity index (χ4n) is 1.50. The molecule has 0 aliphatic heterocycles. The zero-order valence-electron chi connectivity index (χ0n) is 11.6. The van der Waals surface area contributed by atoms with Gasteiger partial charge in [0, 0.05) is 11.5 Å². The lowest BCUT2D eigenvalue weighted by Crippen LogP contribution is -2.40. The number of hydrogen-bond donors (Lipinski definition) is 2. The fraction of sp³-hybridized carbons (Fsp3) is 0.692. The van der Waals surface area contributed by atoms with E-state index in [0.29, 0.717) is 13.0 Å². The molecule has 0 saturated heterocycles. The normalized spacial score (nSPS) is 13.4. The third-order valence-electron chi connectivity index (χ3n) is 2.68. The van der Waals surface area contributed by atoms with Crippen molar-refractivity contribution in [2.45, 2.75) is 58.5 Å². The summed E-state index contributed by atoms with van der Waals surface area (Å²) in [6.45, 7) is 8.50. The third kappa shape index (κ3) is 4.14. The topological polar surface area (TPSA) is 81.2 Å². The van der Waals surface area contributed by atoms with Crippen molar-refractivity contribution in [2.75, 3.05) is 0 Å². The Morgan fingerprint density at radius 2 is 2.22 bits per heavy atom. The lowest BCUT2D eigenvalue weighted by Gasteiger charge is -2.12. The van der Waals surface area contributed by atoms with E-state index in [0.717, 1.165) is 17.9 Å². The smallest absolute Gasteiger partial charge is 0.237 e. The van der Waals surface area contributed by atoms with E-state index in [-0.39, 0.29) is 11.3 Å². The molecule has 1 rings (SSSR count). The van der Waals surface area contributed by atoms with Crippen LogP contribution in [0.4, 0.5) is 0 Å². The summed E-state index contributed by atoms with van der Waals surface area (Å²) < 4.78 is 5.24. The molecule has 0 fully saturated rings. The second kappa shape index (κ2) is 6.00. The Morgan fingerprint density at radius 3 is 2.72 bits per heavy atom. The number of carbonyl (C=O) groups is 1. The fourth-order valence-corrected chi connectivity index (χ4v) is 1.50. The molecule has 0 aromatic carbocycles. The Kier molecular flexibility index (Phi) is 4.90. The summed E-state index contributed by atoms with van der Waals surface area (Å²) in [6, 6.07) is 1.43. The van der Waals surface area contributed by atoms with Crippen LogP contribution in [-0.2, 0) is 16.8 Å². The van der Waals surface area contributed by atoms with Crippen LogP contribution < -0.4 is 11.1 Å². The van der Waals surface area contributed by atoms with Crippen LogP contribution in [0.25, 0.3) is 0 Å². The average Bonchev–Trinajstić information content (AvgIpc) is 2.74. The van der Waals surface area contributed by atoms with E-state index in [9.17, 15) is 4.79 Å². The molecule has 0 radical (unpaired) electrons. The summed E-state index contributed by atoms with van der Waals surface area (Å²) in [5.74, 6) is 0.668. The van der Waals surface area contributed by atoms with Gasteiger partial charge in [-0.05, 0) is 6.42 Å². The number of rotatable bonds is 5. The quantitative estimate of drug-likeness (QED) is 0.837. The molecule has 1 aromatic heterocycles. The van der Waals surface area contributed by atoms with Crippen molar-refractivity contribution < 1.29 is 9.32 Å². The summed E-state index contributed by atoms with van der Waals surface area (Å²) in [4.78, 5) is 11.6. The van der Waals surface area contributed by atoms with Crippen molar-refractivity contribution in [3.8, 4) is 0 Å². The second-order valence-corrected chi connectivity index (χ2v) is 5.55. The number of hydrogen-bond acceptors (Lipinski definition) is 4. The molecule has 0 spiro atoms. The first-order chi connectivity index (χ1) is 8.34. The minimum Gasteiger partial charge on any atom is -0.361 e. The van der Waals surface area contributed by atoms with Gasteiger partial charge in [-0.3, -0.25) is 4.79 Å². The number of nitrogens with two attached hydrogens (primary N) is 1. The number of amides is 1. The predicted octanol–water partition coefficient (Wildman–Crippen LogP) is 1.72. The minimum atomic E-state index is -0.441. The van der Waals surface area contributed by atoms with Gasteiger partial charge in [-0.1, -0.05) is 39.3 Å². The van der Waals surface area contributed by atoms with Gasteiger partial charge in [0.1, 0.15) is 11.5 Å². The molecule has 102 valence electrons. The van der Waals surface area contributed by atoms with E-state index in [4.69, 9.17) is 10.3 Å².